The van der Waals surface area contributed by atoms with Gasteiger partial charge < -0.3 is 15.4 Å². The third-order valence-corrected chi connectivity index (χ3v) is 2.80. The van der Waals surface area contributed by atoms with Crippen molar-refractivity contribution in [2.24, 2.45) is 7.05 Å². The van der Waals surface area contributed by atoms with E-state index in [1.807, 2.05) is 6.92 Å². The lowest BCUT2D eigenvalue weighted by Crippen LogP contribution is -2.27. The number of alkyl halides is 1. The van der Waals surface area contributed by atoms with Crippen LogP contribution in [0.15, 0.2) is 12.1 Å². The molecule has 1 N–H and O–H groups in total. The van der Waals surface area contributed by atoms with Gasteiger partial charge in [-0.15, -0.1) is 0 Å². The maximum Gasteiger partial charge on any atom is 0.323 e. The Morgan fingerprint density at radius 2 is 2.29 bits per heavy atom. The van der Waals surface area contributed by atoms with Crippen LogP contribution < -0.4 is 5.32 Å². The number of carbonyl (C=O) groups excluding carboxylic acids is 1. The Hall–Kier alpha value is -1.37. The number of carbonyl (C=O) groups is 1. The zero-order valence-electron chi connectivity index (χ0n) is 9.64. The van der Waals surface area contributed by atoms with E-state index in [2.05, 4.69) is 21.2 Å². The average molecular weight is 304 g/mol. The van der Waals surface area contributed by atoms with E-state index in [0.29, 0.717) is 17.1 Å². The van der Waals surface area contributed by atoms with Gasteiger partial charge in [0, 0.05) is 17.4 Å². The van der Waals surface area contributed by atoms with E-state index in [4.69, 9.17) is 0 Å². The average Bonchev–Trinajstić information content (AvgIpc) is 2.59. The lowest BCUT2D eigenvalue weighted by molar-refractivity contribution is -0.391. The summed E-state index contributed by atoms with van der Waals surface area (Å²) < 4.78 is 1.27. The van der Waals surface area contributed by atoms with Gasteiger partial charge in [0.15, 0.2) is 5.69 Å². The molecule has 1 heterocycles. The van der Waals surface area contributed by atoms with E-state index in [-0.39, 0.29) is 11.7 Å². The third kappa shape index (κ3) is 3.55. The van der Waals surface area contributed by atoms with Crippen LogP contribution in [-0.2, 0) is 7.05 Å². The molecule has 0 radical (unpaired) electrons. The van der Waals surface area contributed by atoms with Crippen molar-refractivity contribution in [3.05, 3.63) is 27.9 Å². The highest BCUT2D eigenvalue weighted by Gasteiger charge is 2.19. The van der Waals surface area contributed by atoms with Gasteiger partial charge in [-0.3, -0.25) is 4.79 Å². The second-order valence-corrected chi connectivity index (χ2v) is 5.28. The van der Waals surface area contributed by atoms with Gasteiger partial charge in [-0.05, 0) is 17.4 Å². The molecular formula is C10H14BrN3O3. The van der Waals surface area contributed by atoms with Crippen LogP contribution in [0.25, 0.3) is 0 Å². The van der Waals surface area contributed by atoms with Gasteiger partial charge in [-0.2, -0.15) is 0 Å². The van der Waals surface area contributed by atoms with Crippen molar-refractivity contribution in [3.63, 3.8) is 0 Å². The highest BCUT2D eigenvalue weighted by molar-refractivity contribution is 9.09. The summed E-state index contributed by atoms with van der Waals surface area (Å²) >= 11 is 3.37. The lowest BCUT2D eigenvalue weighted by atomic mass is 10.3. The van der Waals surface area contributed by atoms with E-state index in [1.165, 1.54) is 23.7 Å². The Balaban J connectivity index is 2.67. The number of aromatic nitrogens is 1. The van der Waals surface area contributed by atoms with E-state index in [0.717, 1.165) is 6.42 Å². The molecule has 0 saturated heterocycles. The molecule has 1 unspecified atom stereocenters. The van der Waals surface area contributed by atoms with Crippen molar-refractivity contribution < 1.29 is 9.72 Å². The van der Waals surface area contributed by atoms with Crippen LogP contribution in [-0.4, -0.2) is 26.8 Å². The van der Waals surface area contributed by atoms with Gasteiger partial charge in [0.2, 0.25) is 0 Å². The van der Waals surface area contributed by atoms with Crippen molar-refractivity contribution in [2.75, 3.05) is 6.54 Å². The Labute approximate surface area is 107 Å². The molecule has 0 spiro atoms. The minimum Gasteiger partial charge on any atom is -0.358 e. The molecule has 1 atom stereocenters. The van der Waals surface area contributed by atoms with Crippen LogP contribution >= 0.6 is 15.9 Å². The van der Waals surface area contributed by atoms with Crippen molar-refractivity contribution in [1.82, 2.24) is 9.88 Å². The molecule has 0 aliphatic carbocycles. The summed E-state index contributed by atoms with van der Waals surface area (Å²) in [5, 5.41) is 13.3. The second kappa shape index (κ2) is 5.81. The Morgan fingerprint density at radius 1 is 1.65 bits per heavy atom. The maximum absolute atomic E-state index is 11.7. The van der Waals surface area contributed by atoms with Gasteiger partial charge >= 0.3 is 5.82 Å². The smallest absolute Gasteiger partial charge is 0.323 e. The largest absolute Gasteiger partial charge is 0.358 e. The van der Waals surface area contributed by atoms with Crippen LogP contribution in [0.3, 0.4) is 0 Å². The predicted molar refractivity (Wildman–Crippen MR) is 67.4 cm³/mol. The Morgan fingerprint density at radius 3 is 2.76 bits per heavy atom. The fourth-order valence-electron chi connectivity index (χ4n) is 1.39. The van der Waals surface area contributed by atoms with Crippen molar-refractivity contribution in [2.45, 2.75) is 18.2 Å². The fourth-order valence-corrected chi connectivity index (χ4v) is 1.62. The first-order valence-electron chi connectivity index (χ1n) is 5.16. The molecule has 0 aromatic carbocycles. The van der Waals surface area contributed by atoms with Crippen LogP contribution in [0.1, 0.15) is 23.8 Å². The fraction of sp³-hybridized carbons (Fsp3) is 0.500. The van der Waals surface area contributed by atoms with E-state index in [1.54, 1.807) is 0 Å². The number of rotatable bonds is 5. The molecule has 1 amide bonds. The lowest BCUT2D eigenvalue weighted by Gasteiger charge is -2.05. The van der Waals surface area contributed by atoms with Gasteiger partial charge in [-0.25, -0.2) is 4.57 Å². The van der Waals surface area contributed by atoms with E-state index in [9.17, 15) is 14.9 Å². The predicted octanol–water partition coefficient (Wildman–Crippen LogP) is 1.84. The molecule has 0 aliphatic rings. The monoisotopic (exact) mass is 303 g/mol. The van der Waals surface area contributed by atoms with Crippen molar-refractivity contribution in [1.29, 1.82) is 0 Å². The molecule has 1 aromatic rings. The summed E-state index contributed by atoms with van der Waals surface area (Å²) in [5.41, 5.74) is 0.291. The molecule has 0 aliphatic heterocycles. The highest BCUT2D eigenvalue weighted by Crippen LogP contribution is 2.14. The zero-order chi connectivity index (χ0) is 13.0. The Kier molecular flexibility index (Phi) is 4.68. The number of amides is 1. The first-order chi connectivity index (χ1) is 7.93. The minimum absolute atomic E-state index is 0.0935. The van der Waals surface area contributed by atoms with Crippen molar-refractivity contribution >= 4 is 27.7 Å². The first kappa shape index (κ1) is 13.7. The summed E-state index contributed by atoms with van der Waals surface area (Å²) in [4.78, 5) is 22.1. The molecule has 7 heteroatoms. The molecule has 94 valence electrons. The van der Waals surface area contributed by atoms with E-state index < -0.39 is 4.92 Å². The topological polar surface area (TPSA) is 77.2 Å². The highest BCUT2D eigenvalue weighted by atomic mass is 79.9. The summed E-state index contributed by atoms with van der Waals surface area (Å²) in [7, 11) is 1.50. The number of halogens is 1. The first-order valence-corrected chi connectivity index (χ1v) is 6.07. The summed E-state index contributed by atoms with van der Waals surface area (Å²) in [5.74, 6) is -0.391. The number of hydrogen-bond acceptors (Lipinski definition) is 3. The minimum atomic E-state index is -0.517. The molecule has 0 fully saturated rings. The number of hydrogen-bond donors (Lipinski definition) is 1. The normalized spacial score (nSPS) is 12.2. The molecule has 1 rings (SSSR count). The standard InChI is InChI=1S/C10H14BrN3O3/c1-7(11)5-6-12-10(15)8-3-4-9(13(8)2)14(16)17/h3-4,7H,5-6H2,1-2H3,(H,12,15). The van der Waals surface area contributed by atoms with Crippen LogP contribution in [0, 0.1) is 10.1 Å². The summed E-state index contributed by atoms with van der Waals surface area (Å²) in [6.45, 7) is 2.52. The van der Waals surface area contributed by atoms with Crippen LogP contribution in [0.2, 0.25) is 0 Å². The van der Waals surface area contributed by atoms with E-state index >= 15 is 0 Å². The molecule has 0 bridgehead atoms. The van der Waals surface area contributed by atoms with Crippen molar-refractivity contribution in [3.8, 4) is 0 Å². The molecule has 1 aromatic heterocycles. The van der Waals surface area contributed by atoms with Gasteiger partial charge in [0.25, 0.3) is 5.91 Å². The Bertz CT molecular complexity index is 428. The number of nitro groups is 1. The molecule has 6 nitrogen and oxygen atoms in total. The molecule has 0 saturated carbocycles. The summed E-state index contributed by atoms with van der Waals surface area (Å²) in [6, 6.07) is 2.77. The summed E-state index contributed by atoms with van der Waals surface area (Å²) in [6.07, 6.45) is 0.804. The maximum atomic E-state index is 11.7. The van der Waals surface area contributed by atoms with Gasteiger partial charge in [-0.1, -0.05) is 22.9 Å². The van der Waals surface area contributed by atoms with Crippen LogP contribution in [0.4, 0.5) is 5.82 Å². The SMILES string of the molecule is CC(Br)CCNC(=O)c1ccc([N+](=O)[O-])n1C. The van der Waals surface area contributed by atoms with Crippen LogP contribution in [0.5, 0.6) is 0 Å². The molecule has 17 heavy (non-hydrogen) atoms. The number of nitrogens with one attached hydrogen (secondary N) is 1. The van der Waals surface area contributed by atoms with Gasteiger partial charge in [0.1, 0.15) is 0 Å². The second-order valence-electron chi connectivity index (χ2n) is 3.72. The molecular weight excluding hydrogens is 290 g/mol. The zero-order valence-corrected chi connectivity index (χ0v) is 11.2. The third-order valence-electron chi connectivity index (χ3n) is 2.34. The quantitative estimate of drug-likeness (QED) is 0.512. The van der Waals surface area contributed by atoms with Gasteiger partial charge in [0.05, 0.1) is 7.05 Å². The number of nitrogens with zero attached hydrogens (tertiary/aromatic N) is 2.